The van der Waals surface area contributed by atoms with Gasteiger partial charge < -0.3 is 64.5 Å². The van der Waals surface area contributed by atoms with Crippen molar-refractivity contribution in [2.45, 2.75) is 148 Å². The maximum Gasteiger partial charge on any atom is 0.417 e. The monoisotopic (exact) mass is 1990 g/mol. The van der Waals surface area contributed by atoms with E-state index >= 15 is 8.78 Å². The summed E-state index contributed by atoms with van der Waals surface area (Å²) in [6.45, 7) is 9.35. The first kappa shape index (κ1) is 108. The van der Waals surface area contributed by atoms with Crippen LogP contribution in [0.4, 0.5) is 96.1 Å². The van der Waals surface area contributed by atoms with E-state index in [4.69, 9.17) is 18.9 Å². The van der Waals surface area contributed by atoms with Gasteiger partial charge in [-0.25, -0.2) is 45.5 Å². The van der Waals surface area contributed by atoms with Crippen LogP contribution < -0.4 is 58.6 Å². The van der Waals surface area contributed by atoms with Crippen molar-refractivity contribution in [3.63, 3.8) is 0 Å². The van der Waals surface area contributed by atoms with Crippen molar-refractivity contribution >= 4 is 85.4 Å². The number of methoxy groups -OCH3 is 4. The molecular formula is C96H91F18N13O14. The number of aromatic amines is 1. The van der Waals surface area contributed by atoms with Gasteiger partial charge in [0.25, 0.3) is 34.4 Å². The zero-order chi connectivity index (χ0) is 104. The van der Waals surface area contributed by atoms with Gasteiger partial charge in [-0.2, -0.15) is 52.7 Å². The van der Waals surface area contributed by atoms with Crippen molar-refractivity contribution < 1.29 is 127 Å². The Balaban J connectivity index is 0.000000218. The topological polar surface area (TPSA) is 340 Å². The molecule has 0 radical (unpaired) electrons. The SMILES string of the molecule is CCCN(c1cc(F)c(C(=O)N[C@@H](Cc2ccc(-c3c(C(F)(F)F)cc(C)n(C)c3=O)c3ncccc23)C(=O)OC)c(F)c1)[C@H](CC)C(F)(F)F.CC[C@@H](Nc1cc(F)c(C(=O)N[C@@H](Cc2ccc(-c3c(OC)cc(C)n(C)c3=O)c3ncccc23)C(=O)OC)c(F)c1)C(F)(F)F.COC(=O)[C@H](Cc1ccc(-c2c(C)[nH]c(=O)n(C)c2=O)c2ncccc12)NC(=O)c1c(F)cc(N[C@H](C)C(F)(F)F)cc1F. The molecule has 0 aliphatic rings. The molecule has 12 rings (SSSR count). The van der Waals surface area contributed by atoms with Crippen LogP contribution in [-0.2, 0) is 75.2 Å². The minimum atomic E-state index is -4.90. The standard InChI is InChI=1S/C35H34F8N4O4.C32H31F5N4O5.C29H26F5N5O5/c1-6-13-47(27(7-2)35(41,42)43)20-16-24(36)29(25(37)17-20)31(48)45-26(33(50)51-5)15-19-10-11-22(30-21(19)9-8-12-44-30)28-23(34(38,39)40)14-18(3)46(4)32(28)49;1-6-25(32(35,36)37)39-18-14-21(33)27(22(34)15-18)29(42)40-23(31(44)46-5)13-17-9-10-20(28-19(17)8-7-11-38-28)26-24(45-4)12-16(2)41(3)30(26)43;1-13-22(26(41)39(3)28(43)36-13)18-8-7-15(17-6-5-9-35-24(17)18)10-21(27(42)44-4)38-25(40)23-19(30)11-16(12-20(23)31)37-14(2)29(32,33)34/h8-12,14,16-17,26-27H,6-7,13,15H2,1-5H3,(H,45,48);7-12,14-15,23,25,39H,6,13H2,1-5H3,(H,40,42);5-9,11-12,14,21,37H,10H2,1-4H3,(H,36,43)(H,38,40)/t26-,27+;23-,25+;14-,21+/m001/s1. The summed E-state index contributed by atoms with van der Waals surface area (Å²) in [6.07, 6.45) is -16.2. The molecule has 0 aliphatic carbocycles. The summed E-state index contributed by atoms with van der Waals surface area (Å²) in [7, 11) is 8.79. The van der Waals surface area contributed by atoms with Crippen LogP contribution in [-0.4, -0.2) is 159 Å². The second-order valence-electron chi connectivity index (χ2n) is 32.2. The van der Waals surface area contributed by atoms with Crippen molar-refractivity contribution in [2.75, 3.05) is 50.5 Å². The van der Waals surface area contributed by atoms with E-state index in [9.17, 15) is 118 Å². The number of carbonyl (C=O) groups excluding carboxylic acids is 6. The molecule has 6 heterocycles. The summed E-state index contributed by atoms with van der Waals surface area (Å²) in [4.78, 5) is 145. The second-order valence-corrected chi connectivity index (χ2v) is 32.2. The third-order valence-electron chi connectivity index (χ3n) is 23.1. The van der Waals surface area contributed by atoms with Crippen LogP contribution in [0.1, 0.15) is 117 Å². The van der Waals surface area contributed by atoms with Gasteiger partial charge in [-0.1, -0.05) is 75.4 Å². The number of nitrogens with one attached hydrogen (secondary N) is 6. The Kier molecular flexibility index (Phi) is 33.9. The Labute approximate surface area is 789 Å². The zero-order valence-electron chi connectivity index (χ0n) is 77.3. The average Bonchev–Trinajstić information content (AvgIpc) is 0.745. The number of benzene rings is 6. The van der Waals surface area contributed by atoms with Crippen LogP contribution in [0.25, 0.3) is 66.1 Å². The van der Waals surface area contributed by atoms with Gasteiger partial charge in [-0.3, -0.25) is 48.3 Å². The molecule has 6 atom stereocenters. The summed E-state index contributed by atoms with van der Waals surface area (Å²) in [5.41, 5.74) is -5.14. The van der Waals surface area contributed by atoms with Crippen LogP contribution in [0.15, 0.2) is 159 Å². The largest absolute Gasteiger partial charge is 0.496 e. The summed E-state index contributed by atoms with van der Waals surface area (Å²) < 4.78 is 275. The van der Waals surface area contributed by atoms with E-state index in [2.05, 4.69) is 35.9 Å². The highest BCUT2D eigenvalue weighted by Gasteiger charge is 2.45. The summed E-state index contributed by atoms with van der Waals surface area (Å²) in [6, 6.07) is 13.6. The van der Waals surface area contributed by atoms with Crippen molar-refractivity contribution in [1.82, 2.24) is 49.6 Å². The quantitative estimate of drug-likeness (QED) is 0.0144. The maximum atomic E-state index is 15.4. The summed E-state index contributed by atoms with van der Waals surface area (Å²) in [5.74, 6) is -15.5. The number of esters is 3. The van der Waals surface area contributed by atoms with E-state index in [-0.39, 0.29) is 70.2 Å². The number of halogens is 18. The van der Waals surface area contributed by atoms with Gasteiger partial charge in [-0.15, -0.1) is 0 Å². The molecule has 12 aromatic rings. The van der Waals surface area contributed by atoms with Crippen molar-refractivity contribution in [2.24, 2.45) is 21.1 Å². The first-order valence-electron chi connectivity index (χ1n) is 42.8. The van der Waals surface area contributed by atoms with Crippen LogP contribution >= 0.6 is 0 Å². The minimum absolute atomic E-state index is 0.0371. The molecule has 0 saturated heterocycles. The highest BCUT2D eigenvalue weighted by atomic mass is 19.4. The molecule has 0 saturated carbocycles. The lowest BCUT2D eigenvalue weighted by atomic mass is 9.93. The molecular weight excluding hydrogens is 1900 g/mol. The van der Waals surface area contributed by atoms with E-state index in [1.54, 1.807) is 82.4 Å². The van der Waals surface area contributed by atoms with E-state index in [0.717, 1.165) is 48.4 Å². The highest BCUT2D eigenvalue weighted by molar-refractivity contribution is 6.03. The molecule has 6 aromatic heterocycles. The van der Waals surface area contributed by atoms with E-state index in [1.165, 1.54) is 89.4 Å². The first-order chi connectivity index (χ1) is 66.2. The number of nitrogens with zero attached hydrogens (tertiary/aromatic N) is 7. The Bertz CT molecular complexity index is 6990. The molecule has 27 nitrogen and oxygen atoms in total. The first-order valence-corrected chi connectivity index (χ1v) is 42.8. The van der Waals surface area contributed by atoms with E-state index in [0.29, 0.717) is 97.6 Å². The second kappa shape index (κ2) is 44.4. The van der Waals surface area contributed by atoms with Gasteiger partial charge >= 0.3 is 48.3 Å². The van der Waals surface area contributed by atoms with Gasteiger partial charge in [0.2, 0.25) is 0 Å². The highest BCUT2D eigenvalue weighted by Crippen LogP contribution is 2.42. The Morgan fingerprint density at radius 1 is 0.447 bits per heavy atom. The number of alkyl halides is 12. The van der Waals surface area contributed by atoms with Crippen LogP contribution in [0.5, 0.6) is 5.75 Å². The van der Waals surface area contributed by atoms with Gasteiger partial charge in [0.15, 0.2) is 0 Å². The Hall–Kier alpha value is -15.1. The maximum absolute atomic E-state index is 15.4. The number of carbonyl (C=O) groups is 6. The smallest absolute Gasteiger partial charge is 0.417 e. The third kappa shape index (κ3) is 24.1. The number of amides is 3. The third-order valence-corrected chi connectivity index (χ3v) is 23.1. The summed E-state index contributed by atoms with van der Waals surface area (Å²) >= 11 is 0. The molecule has 0 bridgehead atoms. The Morgan fingerprint density at radius 2 is 0.809 bits per heavy atom. The number of rotatable bonds is 29. The van der Waals surface area contributed by atoms with Crippen molar-refractivity contribution in [1.29, 1.82) is 0 Å². The fraction of sp³-hybridized carbons (Fsp3) is 0.323. The predicted molar refractivity (Wildman–Crippen MR) is 484 cm³/mol. The zero-order valence-corrected chi connectivity index (χ0v) is 77.3. The average molecular weight is 1990 g/mol. The lowest BCUT2D eigenvalue weighted by Gasteiger charge is -2.34. The molecule has 0 unspecified atom stereocenters. The Morgan fingerprint density at radius 3 is 1.16 bits per heavy atom. The number of aryl methyl sites for hydroxylation is 3. The number of aromatic nitrogens is 7. The fourth-order valence-corrected chi connectivity index (χ4v) is 15.7. The number of hydrogen-bond donors (Lipinski definition) is 6. The number of pyridine rings is 5. The van der Waals surface area contributed by atoms with Gasteiger partial charge in [0.05, 0.1) is 67.2 Å². The van der Waals surface area contributed by atoms with Gasteiger partial charge in [0, 0.05) is 139 Å². The molecule has 6 aromatic carbocycles. The molecule has 0 aliphatic heterocycles. The molecule has 45 heteroatoms. The number of ether oxygens (including phenoxy) is 4. The van der Waals surface area contributed by atoms with Crippen LogP contribution in [0.3, 0.4) is 0 Å². The lowest BCUT2D eigenvalue weighted by molar-refractivity contribution is -0.149. The van der Waals surface area contributed by atoms with Gasteiger partial charge in [0.1, 0.15) is 93.6 Å². The molecule has 6 N–H and O–H groups in total. The van der Waals surface area contributed by atoms with Crippen molar-refractivity contribution in [3.8, 4) is 39.1 Å². The predicted octanol–water partition coefficient (Wildman–Crippen LogP) is 16.5. The lowest BCUT2D eigenvalue weighted by Crippen LogP contribution is -2.46. The van der Waals surface area contributed by atoms with E-state index in [1.807, 2.05) is 10.6 Å². The molecule has 3 amide bonds. The molecule has 0 fully saturated rings. The molecule has 750 valence electrons. The number of H-pyrrole nitrogens is 1. The number of anilines is 3. The van der Waals surface area contributed by atoms with Crippen molar-refractivity contribution in [3.05, 3.63) is 272 Å². The normalized spacial score (nSPS) is 13.0. The number of fused-ring (bicyclic) bond motifs is 3. The van der Waals surface area contributed by atoms with Gasteiger partial charge in [-0.05, 0) is 124 Å². The van der Waals surface area contributed by atoms with Crippen LogP contribution in [0.2, 0.25) is 0 Å². The van der Waals surface area contributed by atoms with Crippen LogP contribution in [0, 0.1) is 55.7 Å². The minimum Gasteiger partial charge on any atom is -0.496 e. The fourth-order valence-electron chi connectivity index (χ4n) is 15.7. The molecule has 0 spiro atoms. The molecule has 141 heavy (non-hydrogen) atoms. The summed E-state index contributed by atoms with van der Waals surface area (Å²) in [5, 5.41) is 11.8. The number of hydrogen-bond acceptors (Lipinski definition) is 20. The van der Waals surface area contributed by atoms with E-state index < -0.39 is 212 Å².